The van der Waals surface area contributed by atoms with E-state index < -0.39 is 15.9 Å². The van der Waals surface area contributed by atoms with Crippen molar-refractivity contribution in [3.05, 3.63) is 78.0 Å². The Morgan fingerprint density at radius 2 is 1.94 bits per heavy atom. The van der Waals surface area contributed by atoms with Gasteiger partial charge in [-0.25, -0.2) is 4.39 Å². The molecule has 1 atom stereocenters. The van der Waals surface area contributed by atoms with Gasteiger partial charge in [0, 0.05) is 19.7 Å². The van der Waals surface area contributed by atoms with Gasteiger partial charge in [-0.15, -0.1) is 0 Å². The molecule has 4 rings (SSSR count). The summed E-state index contributed by atoms with van der Waals surface area (Å²) in [7, 11) is -2.86. The van der Waals surface area contributed by atoms with Crippen molar-refractivity contribution in [2.45, 2.75) is 30.4 Å². The van der Waals surface area contributed by atoms with Crippen LogP contribution in [0.25, 0.3) is 0 Å². The minimum Gasteiger partial charge on any atom is -0.493 e. The van der Waals surface area contributed by atoms with Crippen molar-refractivity contribution in [2.24, 2.45) is 0 Å². The summed E-state index contributed by atoms with van der Waals surface area (Å²) < 4.78 is 60.2. The van der Waals surface area contributed by atoms with E-state index in [2.05, 4.69) is 0 Å². The molecule has 0 N–H and O–H groups in total. The standard InChI is InChI=1S/C24H24FNO7S/c1-30-21-11-6-17(14-23(21)33-34(28,29)20-9-7-18(25)8-10-20)15-26(16-19-4-2-12-31-19)24(27)22-5-3-13-32-22/h3,5-11,13-14,19H,2,4,12,15-16H2,1H3. The molecule has 1 aliphatic heterocycles. The number of benzene rings is 2. The lowest BCUT2D eigenvalue weighted by molar-refractivity contribution is 0.0484. The number of rotatable bonds is 9. The van der Waals surface area contributed by atoms with E-state index in [-0.39, 0.29) is 40.7 Å². The molecule has 1 amide bonds. The maximum Gasteiger partial charge on any atom is 0.339 e. The topological polar surface area (TPSA) is 95.3 Å². The van der Waals surface area contributed by atoms with Gasteiger partial charge >= 0.3 is 10.1 Å². The number of carbonyl (C=O) groups is 1. The molecule has 0 aliphatic carbocycles. The maximum atomic E-state index is 13.2. The van der Waals surface area contributed by atoms with Crippen LogP contribution >= 0.6 is 0 Å². The summed E-state index contributed by atoms with van der Waals surface area (Å²) in [4.78, 5) is 14.4. The Labute approximate surface area is 197 Å². The van der Waals surface area contributed by atoms with E-state index in [1.165, 1.54) is 19.4 Å². The zero-order chi connectivity index (χ0) is 24.1. The fourth-order valence-electron chi connectivity index (χ4n) is 3.68. The molecule has 1 fully saturated rings. The predicted octanol–water partition coefficient (Wildman–Crippen LogP) is 4.02. The molecule has 0 bridgehead atoms. The van der Waals surface area contributed by atoms with Gasteiger partial charge in [0.2, 0.25) is 0 Å². The van der Waals surface area contributed by atoms with Crippen LogP contribution in [0, 0.1) is 5.82 Å². The van der Waals surface area contributed by atoms with Gasteiger partial charge in [0.05, 0.1) is 19.5 Å². The molecule has 1 aromatic heterocycles. The Hall–Kier alpha value is -3.37. The summed E-state index contributed by atoms with van der Waals surface area (Å²) in [6, 6.07) is 12.3. The molecule has 0 spiro atoms. The van der Waals surface area contributed by atoms with Gasteiger partial charge in [0.15, 0.2) is 17.3 Å². The van der Waals surface area contributed by atoms with Gasteiger partial charge in [0.25, 0.3) is 5.91 Å². The number of carbonyl (C=O) groups excluding carboxylic acids is 1. The average molecular weight is 490 g/mol. The van der Waals surface area contributed by atoms with Gasteiger partial charge in [0.1, 0.15) is 10.7 Å². The molecule has 2 aromatic carbocycles. The first-order chi connectivity index (χ1) is 16.4. The van der Waals surface area contributed by atoms with Crippen LogP contribution < -0.4 is 8.92 Å². The van der Waals surface area contributed by atoms with Gasteiger partial charge in [-0.2, -0.15) is 8.42 Å². The summed E-state index contributed by atoms with van der Waals surface area (Å²) in [6.07, 6.45) is 3.10. The third kappa shape index (κ3) is 5.57. The number of hydrogen-bond donors (Lipinski definition) is 0. The first-order valence-electron chi connectivity index (χ1n) is 10.7. The second-order valence-corrected chi connectivity index (χ2v) is 9.32. The average Bonchev–Trinajstić information content (AvgIpc) is 3.53. The number of amides is 1. The number of ether oxygens (including phenoxy) is 2. The highest BCUT2D eigenvalue weighted by Crippen LogP contribution is 2.32. The molecule has 0 saturated carbocycles. The third-order valence-corrected chi connectivity index (χ3v) is 6.62. The van der Waals surface area contributed by atoms with E-state index in [0.717, 1.165) is 37.1 Å². The molecule has 1 saturated heterocycles. The van der Waals surface area contributed by atoms with Gasteiger partial charge < -0.3 is 23.0 Å². The molecule has 180 valence electrons. The minimum absolute atomic E-state index is 0.0492. The van der Waals surface area contributed by atoms with E-state index >= 15 is 0 Å². The van der Waals surface area contributed by atoms with Crippen LogP contribution in [-0.2, 0) is 21.4 Å². The Balaban J connectivity index is 1.59. The molecule has 10 heteroatoms. The molecule has 1 aliphatic rings. The highest BCUT2D eigenvalue weighted by Gasteiger charge is 2.26. The van der Waals surface area contributed by atoms with Crippen molar-refractivity contribution in [3.8, 4) is 11.5 Å². The van der Waals surface area contributed by atoms with Crippen LogP contribution in [0.15, 0.2) is 70.2 Å². The van der Waals surface area contributed by atoms with Crippen LogP contribution in [0.3, 0.4) is 0 Å². The van der Waals surface area contributed by atoms with Crippen molar-refractivity contribution >= 4 is 16.0 Å². The lowest BCUT2D eigenvalue weighted by Gasteiger charge is -2.25. The van der Waals surface area contributed by atoms with Crippen LogP contribution in [0.2, 0.25) is 0 Å². The van der Waals surface area contributed by atoms with Crippen LogP contribution in [0.4, 0.5) is 4.39 Å². The summed E-state index contributed by atoms with van der Waals surface area (Å²) >= 11 is 0. The second kappa shape index (κ2) is 10.3. The van der Waals surface area contributed by atoms with E-state index in [0.29, 0.717) is 18.7 Å². The highest BCUT2D eigenvalue weighted by atomic mass is 32.2. The molecule has 34 heavy (non-hydrogen) atoms. The largest absolute Gasteiger partial charge is 0.493 e. The monoisotopic (exact) mass is 489 g/mol. The zero-order valence-corrected chi connectivity index (χ0v) is 19.3. The number of halogens is 1. The number of methoxy groups -OCH3 is 1. The molecular formula is C24H24FNO7S. The van der Waals surface area contributed by atoms with Crippen molar-refractivity contribution < 1.29 is 35.7 Å². The molecule has 2 heterocycles. The highest BCUT2D eigenvalue weighted by molar-refractivity contribution is 7.87. The summed E-state index contributed by atoms with van der Waals surface area (Å²) in [6.45, 7) is 1.17. The number of furan rings is 1. The summed E-state index contributed by atoms with van der Waals surface area (Å²) in [5, 5.41) is 0. The lowest BCUT2D eigenvalue weighted by atomic mass is 10.1. The summed E-state index contributed by atoms with van der Waals surface area (Å²) in [5.41, 5.74) is 0.614. The van der Waals surface area contributed by atoms with Gasteiger partial charge in [-0.3, -0.25) is 4.79 Å². The van der Waals surface area contributed by atoms with Crippen LogP contribution in [0.5, 0.6) is 11.5 Å². The summed E-state index contributed by atoms with van der Waals surface area (Å²) in [5.74, 6) is -0.532. The fourth-order valence-corrected chi connectivity index (χ4v) is 4.61. The predicted molar refractivity (Wildman–Crippen MR) is 120 cm³/mol. The third-order valence-electron chi connectivity index (χ3n) is 5.37. The SMILES string of the molecule is COc1ccc(CN(CC2CCCO2)C(=O)c2ccco2)cc1OS(=O)(=O)c1ccc(F)cc1. The van der Waals surface area contributed by atoms with Crippen molar-refractivity contribution in [1.29, 1.82) is 0 Å². The Morgan fingerprint density at radius 1 is 1.15 bits per heavy atom. The maximum absolute atomic E-state index is 13.2. The van der Waals surface area contributed by atoms with E-state index in [4.69, 9.17) is 18.1 Å². The lowest BCUT2D eigenvalue weighted by Crippen LogP contribution is -2.36. The molecule has 8 nitrogen and oxygen atoms in total. The number of nitrogens with zero attached hydrogens (tertiary/aromatic N) is 1. The van der Waals surface area contributed by atoms with E-state index in [9.17, 15) is 17.6 Å². The normalized spacial score (nSPS) is 15.8. The van der Waals surface area contributed by atoms with Gasteiger partial charge in [-0.1, -0.05) is 6.07 Å². The molecule has 0 radical (unpaired) electrons. The van der Waals surface area contributed by atoms with E-state index in [1.54, 1.807) is 29.2 Å². The van der Waals surface area contributed by atoms with Crippen LogP contribution in [-0.4, -0.2) is 45.6 Å². The second-order valence-electron chi connectivity index (χ2n) is 7.77. The van der Waals surface area contributed by atoms with Crippen molar-refractivity contribution in [1.82, 2.24) is 4.90 Å². The van der Waals surface area contributed by atoms with Crippen molar-refractivity contribution in [2.75, 3.05) is 20.3 Å². The molecule has 1 unspecified atom stereocenters. The zero-order valence-electron chi connectivity index (χ0n) is 18.5. The Morgan fingerprint density at radius 3 is 2.59 bits per heavy atom. The fraction of sp³-hybridized carbons (Fsp3) is 0.292. The number of hydrogen-bond acceptors (Lipinski definition) is 7. The molecular weight excluding hydrogens is 465 g/mol. The van der Waals surface area contributed by atoms with Crippen LogP contribution in [0.1, 0.15) is 29.0 Å². The smallest absolute Gasteiger partial charge is 0.339 e. The molecule has 3 aromatic rings. The minimum atomic E-state index is -4.24. The first kappa shape index (κ1) is 23.8. The quantitative estimate of drug-likeness (QED) is 0.419. The Bertz CT molecular complexity index is 1220. The first-order valence-corrected chi connectivity index (χ1v) is 12.1. The van der Waals surface area contributed by atoms with Crippen molar-refractivity contribution in [3.63, 3.8) is 0 Å². The Kier molecular flexibility index (Phi) is 7.18. The van der Waals surface area contributed by atoms with Gasteiger partial charge in [-0.05, 0) is 66.9 Å². The van der Waals surface area contributed by atoms with E-state index in [1.807, 2.05) is 0 Å².